The van der Waals surface area contributed by atoms with E-state index in [2.05, 4.69) is 0 Å². The topological polar surface area (TPSA) is 53.1 Å². The first kappa shape index (κ1) is 15.7. The zero-order valence-electron chi connectivity index (χ0n) is 4.26. The number of rotatable bonds is 0. The fourth-order valence-electron chi connectivity index (χ4n) is 0. The maximum absolute atomic E-state index is 9.56. The Morgan fingerprint density at radius 3 is 1.33 bits per heavy atom. The second-order valence-corrected chi connectivity index (χ2v) is 2.22. The van der Waals surface area contributed by atoms with Crippen LogP contribution in [0.25, 0.3) is 0 Å². The van der Waals surface area contributed by atoms with Gasteiger partial charge in [0.25, 0.3) is 0 Å². The Morgan fingerprint density at radius 2 is 1.33 bits per heavy atom. The fourth-order valence-corrected chi connectivity index (χ4v) is 0. The SMILES string of the molecule is C[S+](C)[O-].[K+].[OH-]. The van der Waals surface area contributed by atoms with Crippen molar-refractivity contribution in [1.82, 2.24) is 0 Å². The van der Waals surface area contributed by atoms with Gasteiger partial charge in [-0.3, -0.25) is 0 Å². The maximum Gasteiger partial charge on any atom is 1.00 e. The van der Waals surface area contributed by atoms with Crippen LogP contribution in [0.1, 0.15) is 0 Å². The molecule has 0 aliphatic carbocycles. The molecule has 0 aliphatic heterocycles. The van der Waals surface area contributed by atoms with Crippen molar-refractivity contribution in [2.24, 2.45) is 0 Å². The Labute approximate surface area is 83.6 Å². The first-order valence-electron chi connectivity index (χ1n) is 0.983. The van der Waals surface area contributed by atoms with Gasteiger partial charge in [-0.15, -0.1) is 0 Å². The third kappa shape index (κ3) is 39.1. The molecular weight excluding hydrogens is 127 g/mol. The van der Waals surface area contributed by atoms with E-state index in [-0.39, 0.29) is 56.9 Å². The molecule has 0 spiro atoms. The van der Waals surface area contributed by atoms with Crippen molar-refractivity contribution in [3.8, 4) is 0 Å². The van der Waals surface area contributed by atoms with Gasteiger partial charge in [0, 0.05) is 0 Å². The standard InChI is InChI=1S/C2H6OS.K.H2O/c1-4(2)3;;/h1-2H3;;1H2/q;+1;/p-1. The molecule has 0 saturated carbocycles. The molecule has 0 unspecified atom stereocenters. The Morgan fingerprint density at radius 1 is 1.33 bits per heavy atom. The van der Waals surface area contributed by atoms with E-state index in [9.17, 15) is 4.55 Å². The van der Waals surface area contributed by atoms with E-state index < -0.39 is 11.2 Å². The van der Waals surface area contributed by atoms with Crippen molar-refractivity contribution < 1.29 is 61.4 Å². The van der Waals surface area contributed by atoms with Crippen LogP contribution >= 0.6 is 0 Å². The van der Waals surface area contributed by atoms with Crippen molar-refractivity contribution in [1.29, 1.82) is 0 Å². The van der Waals surface area contributed by atoms with Gasteiger partial charge in [0.05, 0.1) is 12.5 Å². The normalized spacial score (nSPS) is 6.00. The van der Waals surface area contributed by atoms with Crippen molar-refractivity contribution in [2.75, 3.05) is 12.5 Å². The van der Waals surface area contributed by atoms with Crippen molar-refractivity contribution >= 4 is 11.2 Å². The average Bonchev–Trinajstić information content (AvgIpc) is 0.811. The van der Waals surface area contributed by atoms with E-state index in [1.54, 1.807) is 12.5 Å². The van der Waals surface area contributed by atoms with Gasteiger partial charge in [-0.2, -0.15) is 0 Å². The molecule has 0 atom stereocenters. The smallest absolute Gasteiger partial charge is 0.870 e. The molecule has 4 heteroatoms. The van der Waals surface area contributed by atoms with Crippen LogP contribution in [-0.2, 0) is 11.2 Å². The second kappa shape index (κ2) is 10.0. The third-order valence-electron chi connectivity index (χ3n) is 0. The minimum absolute atomic E-state index is 0. The summed E-state index contributed by atoms with van der Waals surface area (Å²) in [5.41, 5.74) is 0. The van der Waals surface area contributed by atoms with Gasteiger partial charge in [-0.25, -0.2) is 0 Å². The second-order valence-electron chi connectivity index (χ2n) is 0.742. The molecule has 0 amide bonds. The molecule has 0 radical (unpaired) electrons. The van der Waals surface area contributed by atoms with E-state index >= 15 is 0 Å². The van der Waals surface area contributed by atoms with Gasteiger partial charge in [0.15, 0.2) is 0 Å². The zero-order valence-corrected chi connectivity index (χ0v) is 8.20. The van der Waals surface area contributed by atoms with Crippen LogP contribution in [0.4, 0.5) is 0 Å². The van der Waals surface area contributed by atoms with Gasteiger partial charge >= 0.3 is 51.4 Å². The first-order chi connectivity index (χ1) is 1.73. The van der Waals surface area contributed by atoms with Gasteiger partial charge in [0.2, 0.25) is 0 Å². The molecule has 0 aliphatic rings. The zero-order chi connectivity index (χ0) is 3.58. The largest absolute Gasteiger partial charge is 1.00 e. The third-order valence-corrected chi connectivity index (χ3v) is 0. The van der Waals surface area contributed by atoms with E-state index in [4.69, 9.17) is 0 Å². The molecule has 0 rings (SSSR count). The van der Waals surface area contributed by atoms with Crippen LogP contribution in [0.5, 0.6) is 0 Å². The minimum Gasteiger partial charge on any atom is -0.870 e. The summed E-state index contributed by atoms with van der Waals surface area (Å²) in [4.78, 5) is 0. The van der Waals surface area contributed by atoms with E-state index in [0.29, 0.717) is 0 Å². The summed E-state index contributed by atoms with van der Waals surface area (Å²) in [7, 11) is 0. The molecule has 1 N–H and O–H groups in total. The summed E-state index contributed by atoms with van der Waals surface area (Å²) in [5, 5.41) is 0. The molecule has 0 aromatic rings. The molecule has 2 nitrogen and oxygen atoms in total. The van der Waals surface area contributed by atoms with Crippen LogP contribution in [0.2, 0.25) is 0 Å². The van der Waals surface area contributed by atoms with Crippen LogP contribution in [0.3, 0.4) is 0 Å². The van der Waals surface area contributed by atoms with E-state index in [0.717, 1.165) is 0 Å². The minimum atomic E-state index is -0.611. The molecule has 0 aromatic carbocycles. The molecule has 0 saturated heterocycles. The Bertz CT molecular complexity index is 16.3. The summed E-state index contributed by atoms with van der Waals surface area (Å²) < 4.78 is 9.56. The number of hydrogen-bond acceptors (Lipinski definition) is 2. The molecule has 0 bridgehead atoms. The molecule has 0 fully saturated rings. The summed E-state index contributed by atoms with van der Waals surface area (Å²) in [6, 6.07) is 0. The van der Waals surface area contributed by atoms with Gasteiger partial charge in [-0.1, -0.05) is 11.2 Å². The van der Waals surface area contributed by atoms with Crippen LogP contribution in [0, 0.1) is 0 Å². The van der Waals surface area contributed by atoms with Gasteiger partial charge in [-0.05, 0) is 0 Å². The summed E-state index contributed by atoms with van der Waals surface area (Å²) in [5.74, 6) is 0. The molecule has 34 valence electrons. The van der Waals surface area contributed by atoms with Gasteiger partial charge < -0.3 is 10.0 Å². The Hall–Kier alpha value is 1.91. The average molecular weight is 134 g/mol. The Kier molecular flexibility index (Phi) is 26.1. The van der Waals surface area contributed by atoms with Crippen LogP contribution < -0.4 is 51.4 Å². The molecule has 0 heterocycles. The van der Waals surface area contributed by atoms with Crippen LogP contribution in [-0.4, -0.2) is 22.5 Å². The van der Waals surface area contributed by atoms with Crippen LogP contribution in [0.15, 0.2) is 0 Å². The quantitative estimate of drug-likeness (QED) is 0.259. The van der Waals surface area contributed by atoms with E-state index in [1.165, 1.54) is 0 Å². The van der Waals surface area contributed by atoms with Gasteiger partial charge in [0.1, 0.15) is 0 Å². The van der Waals surface area contributed by atoms with Crippen molar-refractivity contribution in [3.05, 3.63) is 0 Å². The first-order valence-corrected chi connectivity index (χ1v) is 2.95. The monoisotopic (exact) mass is 134 g/mol. The van der Waals surface area contributed by atoms with Crippen molar-refractivity contribution in [2.45, 2.75) is 0 Å². The van der Waals surface area contributed by atoms with E-state index in [1.807, 2.05) is 0 Å². The summed E-state index contributed by atoms with van der Waals surface area (Å²) in [6.45, 7) is 0. The maximum atomic E-state index is 9.56. The molecule has 6 heavy (non-hydrogen) atoms. The fraction of sp³-hybridized carbons (Fsp3) is 1.00. The molecule has 0 aromatic heterocycles. The summed E-state index contributed by atoms with van der Waals surface area (Å²) >= 11 is -0.611. The predicted octanol–water partition coefficient (Wildman–Crippen LogP) is -3.18. The Balaban J connectivity index is -0.0000000450. The van der Waals surface area contributed by atoms with Crippen molar-refractivity contribution in [3.63, 3.8) is 0 Å². The number of hydrogen-bond donors (Lipinski definition) is 0. The molecular formula is C2H7KO2S. The predicted molar refractivity (Wildman–Crippen MR) is 21.9 cm³/mol. The summed E-state index contributed by atoms with van der Waals surface area (Å²) in [6.07, 6.45) is 3.28.